The van der Waals surface area contributed by atoms with E-state index in [0.29, 0.717) is 6.04 Å². The van der Waals surface area contributed by atoms with Gasteiger partial charge in [-0.3, -0.25) is 0 Å². The number of rotatable bonds is 7. The molecule has 1 unspecified atom stereocenters. The quantitative estimate of drug-likeness (QED) is 0.742. The Morgan fingerprint density at radius 1 is 1.06 bits per heavy atom. The lowest BCUT2D eigenvalue weighted by atomic mass is 9.93. The van der Waals surface area contributed by atoms with E-state index in [4.69, 9.17) is 0 Å². The van der Waals surface area contributed by atoms with Crippen molar-refractivity contribution in [2.75, 3.05) is 6.54 Å². The van der Waals surface area contributed by atoms with Crippen molar-refractivity contribution in [3.63, 3.8) is 0 Å². The predicted molar refractivity (Wildman–Crippen MR) is 76.5 cm³/mol. The minimum Gasteiger partial charge on any atom is -0.310 e. The molecule has 1 nitrogen and oxygen atoms in total. The Morgan fingerprint density at radius 2 is 1.82 bits per heavy atom. The molecular weight excluding hydrogens is 206 g/mol. The van der Waals surface area contributed by atoms with Gasteiger partial charge in [-0.2, -0.15) is 0 Å². The lowest BCUT2D eigenvalue weighted by Crippen LogP contribution is -2.22. The maximum atomic E-state index is 3.63. The van der Waals surface area contributed by atoms with Crippen LogP contribution in [-0.4, -0.2) is 6.54 Å². The summed E-state index contributed by atoms with van der Waals surface area (Å²) in [5.74, 6) is 0. The minimum atomic E-state index is 0.534. The largest absolute Gasteiger partial charge is 0.310 e. The Labute approximate surface area is 107 Å². The van der Waals surface area contributed by atoms with E-state index in [0.717, 1.165) is 19.4 Å². The van der Waals surface area contributed by atoms with Crippen LogP contribution in [0.25, 0.3) is 0 Å². The van der Waals surface area contributed by atoms with E-state index in [2.05, 4.69) is 51.2 Å². The van der Waals surface area contributed by atoms with Crippen LogP contribution in [0.3, 0.4) is 0 Å². The third-order valence-corrected chi connectivity index (χ3v) is 3.40. The highest BCUT2D eigenvalue weighted by Crippen LogP contribution is 2.24. The average molecular weight is 233 g/mol. The second-order valence-electron chi connectivity index (χ2n) is 4.64. The highest BCUT2D eigenvalue weighted by molar-refractivity contribution is 5.34. The first-order valence-corrected chi connectivity index (χ1v) is 7.11. The molecule has 0 saturated heterocycles. The number of aryl methyl sites for hydroxylation is 2. The van der Waals surface area contributed by atoms with Crippen LogP contribution in [0.5, 0.6) is 0 Å². The molecular formula is C16H27N. The lowest BCUT2D eigenvalue weighted by molar-refractivity contribution is 0.505. The summed E-state index contributed by atoms with van der Waals surface area (Å²) < 4.78 is 0. The molecule has 96 valence electrons. The smallest absolute Gasteiger partial charge is 0.0322 e. The summed E-state index contributed by atoms with van der Waals surface area (Å²) in [4.78, 5) is 0. The Bertz CT molecular complexity index is 324. The van der Waals surface area contributed by atoms with Crippen LogP contribution in [-0.2, 0) is 12.8 Å². The van der Waals surface area contributed by atoms with E-state index in [1.807, 2.05) is 0 Å². The second-order valence-corrected chi connectivity index (χ2v) is 4.64. The van der Waals surface area contributed by atoms with Gasteiger partial charge in [-0.15, -0.1) is 0 Å². The van der Waals surface area contributed by atoms with Gasteiger partial charge in [-0.1, -0.05) is 52.3 Å². The van der Waals surface area contributed by atoms with E-state index >= 15 is 0 Å². The van der Waals surface area contributed by atoms with Crippen LogP contribution in [0.2, 0.25) is 0 Å². The van der Waals surface area contributed by atoms with Crippen molar-refractivity contribution in [3.05, 3.63) is 34.9 Å². The van der Waals surface area contributed by atoms with E-state index in [9.17, 15) is 0 Å². The van der Waals surface area contributed by atoms with Crippen LogP contribution >= 0.6 is 0 Å². The van der Waals surface area contributed by atoms with Gasteiger partial charge in [-0.05, 0) is 42.5 Å². The Kier molecular flexibility index (Phi) is 6.28. The number of hydrogen-bond donors (Lipinski definition) is 1. The molecule has 17 heavy (non-hydrogen) atoms. The van der Waals surface area contributed by atoms with Gasteiger partial charge in [0.1, 0.15) is 0 Å². The summed E-state index contributed by atoms with van der Waals surface area (Å²) in [5, 5.41) is 3.63. The third kappa shape index (κ3) is 3.85. The van der Waals surface area contributed by atoms with Gasteiger partial charge >= 0.3 is 0 Å². The monoisotopic (exact) mass is 233 g/mol. The molecule has 1 N–H and O–H groups in total. The van der Waals surface area contributed by atoms with Crippen molar-refractivity contribution in [1.82, 2.24) is 5.32 Å². The van der Waals surface area contributed by atoms with Gasteiger partial charge in [0.15, 0.2) is 0 Å². The van der Waals surface area contributed by atoms with Crippen LogP contribution in [0.15, 0.2) is 18.2 Å². The SMILES string of the molecule is CCCC(NCC)c1cc(CC)ccc1CC. The first-order valence-electron chi connectivity index (χ1n) is 7.11. The molecule has 1 aromatic carbocycles. The summed E-state index contributed by atoms with van der Waals surface area (Å²) in [5.41, 5.74) is 4.48. The number of benzene rings is 1. The first-order chi connectivity index (χ1) is 8.26. The van der Waals surface area contributed by atoms with Crippen molar-refractivity contribution >= 4 is 0 Å². The average Bonchev–Trinajstić information content (AvgIpc) is 2.37. The van der Waals surface area contributed by atoms with Gasteiger partial charge in [0.25, 0.3) is 0 Å². The summed E-state index contributed by atoms with van der Waals surface area (Å²) in [7, 11) is 0. The van der Waals surface area contributed by atoms with E-state index in [-0.39, 0.29) is 0 Å². The normalized spacial score (nSPS) is 12.7. The molecule has 0 aliphatic heterocycles. The maximum Gasteiger partial charge on any atom is 0.0322 e. The molecule has 0 aliphatic rings. The van der Waals surface area contributed by atoms with Crippen molar-refractivity contribution in [1.29, 1.82) is 0 Å². The zero-order chi connectivity index (χ0) is 12.7. The van der Waals surface area contributed by atoms with Crippen LogP contribution < -0.4 is 5.32 Å². The molecule has 1 rings (SSSR count). The summed E-state index contributed by atoms with van der Waals surface area (Å²) in [6, 6.07) is 7.53. The van der Waals surface area contributed by atoms with E-state index < -0.39 is 0 Å². The van der Waals surface area contributed by atoms with Crippen LogP contribution in [0, 0.1) is 0 Å². The van der Waals surface area contributed by atoms with Gasteiger partial charge in [-0.25, -0.2) is 0 Å². The molecule has 0 radical (unpaired) electrons. The van der Waals surface area contributed by atoms with Crippen molar-refractivity contribution in [3.8, 4) is 0 Å². The molecule has 0 fully saturated rings. The fourth-order valence-electron chi connectivity index (χ4n) is 2.41. The van der Waals surface area contributed by atoms with Crippen molar-refractivity contribution < 1.29 is 0 Å². The fourth-order valence-corrected chi connectivity index (χ4v) is 2.41. The predicted octanol–water partition coefficient (Wildman–Crippen LogP) is 4.26. The molecule has 1 atom stereocenters. The Morgan fingerprint density at radius 3 is 2.35 bits per heavy atom. The number of nitrogens with one attached hydrogen (secondary N) is 1. The van der Waals surface area contributed by atoms with Crippen molar-refractivity contribution in [2.45, 2.75) is 59.4 Å². The highest BCUT2D eigenvalue weighted by Gasteiger charge is 2.13. The zero-order valence-corrected chi connectivity index (χ0v) is 11.8. The number of hydrogen-bond acceptors (Lipinski definition) is 1. The summed E-state index contributed by atoms with van der Waals surface area (Å²) >= 11 is 0. The minimum absolute atomic E-state index is 0.534. The van der Waals surface area contributed by atoms with Gasteiger partial charge < -0.3 is 5.32 Å². The molecule has 0 heterocycles. The first kappa shape index (κ1) is 14.2. The molecule has 0 spiro atoms. The van der Waals surface area contributed by atoms with Gasteiger partial charge in [0.2, 0.25) is 0 Å². The van der Waals surface area contributed by atoms with Crippen molar-refractivity contribution in [2.24, 2.45) is 0 Å². The highest BCUT2D eigenvalue weighted by atomic mass is 14.9. The Balaban J connectivity index is 3.04. The molecule has 1 heteroatoms. The molecule has 1 aromatic rings. The molecule has 0 aliphatic carbocycles. The molecule has 0 amide bonds. The standard InChI is InChI=1S/C16H27N/c1-5-9-16(17-8-4)15-12-13(6-2)10-11-14(15)7-3/h10-12,16-17H,5-9H2,1-4H3. The topological polar surface area (TPSA) is 12.0 Å². The molecule has 0 aromatic heterocycles. The Hall–Kier alpha value is -0.820. The van der Waals surface area contributed by atoms with Crippen LogP contribution in [0.1, 0.15) is 63.3 Å². The van der Waals surface area contributed by atoms with Gasteiger partial charge in [0, 0.05) is 6.04 Å². The van der Waals surface area contributed by atoms with E-state index in [1.165, 1.54) is 29.5 Å². The summed E-state index contributed by atoms with van der Waals surface area (Å²) in [6.07, 6.45) is 4.72. The summed E-state index contributed by atoms with van der Waals surface area (Å²) in [6.45, 7) is 9.98. The maximum absolute atomic E-state index is 3.63. The van der Waals surface area contributed by atoms with E-state index in [1.54, 1.807) is 0 Å². The lowest BCUT2D eigenvalue weighted by Gasteiger charge is -2.21. The molecule has 0 saturated carbocycles. The zero-order valence-electron chi connectivity index (χ0n) is 11.8. The molecule has 0 bridgehead atoms. The van der Waals surface area contributed by atoms with Gasteiger partial charge in [0.05, 0.1) is 0 Å². The third-order valence-electron chi connectivity index (χ3n) is 3.40. The van der Waals surface area contributed by atoms with Crippen LogP contribution in [0.4, 0.5) is 0 Å². The second kappa shape index (κ2) is 7.50. The fraction of sp³-hybridized carbons (Fsp3) is 0.625.